The minimum atomic E-state index is -4.00. The molecule has 9 heteroatoms. The van der Waals surface area contributed by atoms with E-state index in [1.165, 1.54) is 19.2 Å². The zero-order valence-corrected chi connectivity index (χ0v) is 13.2. The number of rotatable bonds is 7. The van der Waals surface area contributed by atoms with Crippen LogP contribution in [0.25, 0.3) is 0 Å². The van der Waals surface area contributed by atoms with Crippen molar-refractivity contribution in [1.29, 1.82) is 0 Å². The van der Waals surface area contributed by atoms with E-state index in [0.29, 0.717) is 6.61 Å². The molecule has 0 radical (unpaired) electrons. The van der Waals surface area contributed by atoms with E-state index in [4.69, 9.17) is 26.2 Å². The number of nitrogens with two attached hydrogens (primary N) is 1. The van der Waals surface area contributed by atoms with Crippen molar-refractivity contribution in [3.8, 4) is 5.75 Å². The third kappa shape index (κ3) is 5.88. The second-order valence-corrected chi connectivity index (χ2v) is 6.31. The first kappa shape index (κ1) is 17.7. The summed E-state index contributed by atoms with van der Waals surface area (Å²) in [6.07, 6.45) is 0. The highest BCUT2D eigenvalue weighted by molar-refractivity contribution is 7.89. The lowest BCUT2D eigenvalue weighted by Crippen LogP contribution is -2.38. The molecule has 1 atom stereocenters. The first-order valence-corrected chi connectivity index (χ1v) is 7.90. The number of ether oxygens (including phenoxy) is 2. The van der Waals surface area contributed by atoms with Crippen LogP contribution < -0.4 is 15.2 Å². The Hall–Kier alpha value is -1.35. The number of sulfonamides is 1. The number of halogens is 1. The molecule has 0 fully saturated rings. The normalized spacial score (nSPS) is 12.8. The van der Waals surface area contributed by atoms with Crippen molar-refractivity contribution in [2.45, 2.75) is 17.9 Å². The van der Waals surface area contributed by atoms with Gasteiger partial charge in [0.05, 0.1) is 6.61 Å². The standard InChI is InChI=1S/C12H17ClN2O5S/c1-8(6-19-2)15-12(16)7-20-10-4-3-9(13)5-11(10)21(14,17)18/h3-5,8H,6-7H2,1-2H3,(H,15,16)(H2,14,17,18). The summed E-state index contributed by atoms with van der Waals surface area (Å²) in [6, 6.07) is 3.76. The lowest BCUT2D eigenvalue weighted by atomic mass is 10.3. The van der Waals surface area contributed by atoms with E-state index in [1.807, 2.05) is 0 Å². The molecule has 7 nitrogen and oxygen atoms in total. The van der Waals surface area contributed by atoms with E-state index in [0.717, 1.165) is 6.07 Å². The van der Waals surface area contributed by atoms with E-state index in [1.54, 1.807) is 6.92 Å². The summed E-state index contributed by atoms with van der Waals surface area (Å²) in [6.45, 7) is 1.77. The smallest absolute Gasteiger partial charge is 0.258 e. The number of amides is 1. The number of carbonyl (C=O) groups excluding carboxylic acids is 1. The Bertz CT molecular complexity index is 606. The minimum Gasteiger partial charge on any atom is -0.482 e. The van der Waals surface area contributed by atoms with Gasteiger partial charge in [0.2, 0.25) is 10.0 Å². The van der Waals surface area contributed by atoms with Gasteiger partial charge in [0.1, 0.15) is 10.6 Å². The Morgan fingerprint density at radius 1 is 1.48 bits per heavy atom. The van der Waals surface area contributed by atoms with Crippen LogP contribution in [0.5, 0.6) is 5.75 Å². The number of methoxy groups -OCH3 is 1. The van der Waals surface area contributed by atoms with Crippen LogP contribution in [0.3, 0.4) is 0 Å². The lowest BCUT2D eigenvalue weighted by Gasteiger charge is -2.14. The number of nitrogens with one attached hydrogen (secondary N) is 1. The van der Waals surface area contributed by atoms with Crippen LogP contribution >= 0.6 is 11.6 Å². The Kier molecular flexibility index (Phi) is 6.41. The van der Waals surface area contributed by atoms with Gasteiger partial charge in [-0.2, -0.15) is 0 Å². The van der Waals surface area contributed by atoms with Crippen molar-refractivity contribution in [2.24, 2.45) is 5.14 Å². The minimum absolute atomic E-state index is 0.0311. The molecule has 0 aliphatic heterocycles. The van der Waals surface area contributed by atoms with Gasteiger partial charge in [-0.25, -0.2) is 13.6 Å². The summed E-state index contributed by atoms with van der Waals surface area (Å²) >= 11 is 5.72. The van der Waals surface area contributed by atoms with Gasteiger partial charge < -0.3 is 14.8 Å². The average Bonchev–Trinajstić information content (AvgIpc) is 2.36. The quantitative estimate of drug-likeness (QED) is 0.754. The topological polar surface area (TPSA) is 108 Å². The van der Waals surface area contributed by atoms with E-state index < -0.39 is 15.9 Å². The Morgan fingerprint density at radius 3 is 2.71 bits per heavy atom. The maximum absolute atomic E-state index is 11.6. The summed E-state index contributed by atoms with van der Waals surface area (Å²) in [4.78, 5) is 11.4. The molecule has 0 spiro atoms. The summed E-state index contributed by atoms with van der Waals surface area (Å²) in [7, 11) is -2.48. The number of carbonyl (C=O) groups is 1. The van der Waals surface area contributed by atoms with E-state index in [-0.39, 0.29) is 28.3 Å². The van der Waals surface area contributed by atoms with E-state index in [9.17, 15) is 13.2 Å². The molecule has 1 unspecified atom stereocenters. The molecular weight excluding hydrogens is 320 g/mol. The molecule has 0 saturated carbocycles. The first-order valence-electron chi connectivity index (χ1n) is 5.97. The van der Waals surface area contributed by atoms with Crippen LogP contribution in [-0.2, 0) is 19.6 Å². The predicted octanol–water partition coefficient (Wildman–Crippen LogP) is 0.517. The molecule has 0 aromatic heterocycles. The van der Waals surface area contributed by atoms with Gasteiger partial charge in [0, 0.05) is 18.2 Å². The lowest BCUT2D eigenvalue weighted by molar-refractivity contribution is -0.124. The average molecular weight is 337 g/mol. The Balaban J connectivity index is 2.74. The molecule has 21 heavy (non-hydrogen) atoms. The second kappa shape index (κ2) is 7.60. The molecule has 1 rings (SSSR count). The molecule has 0 saturated heterocycles. The Labute approximate surface area is 128 Å². The van der Waals surface area contributed by atoms with Crippen molar-refractivity contribution < 1.29 is 22.7 Å². The van der Waals surface area contributed by atoms with Crippen molar-refractivity contribution in [1.82, 2.24) is 5.32 Å². The highest BCUT2D eigenvalue weighted by Crippen LogP contribution is 2.26. The summed E-state index contributed by atoms with van der Waals surface area (Å²) < 4.78 is 32.9. The highest BCUT2D eigenvalue weighted by atomic mass is 35.5. The number of primary sulfonamides is 1. The molecule has 1 aromatic rings. The first-order chi connectivity index (χ1) is 9.74. The molecule has 0 aliphatic rings. The van der Waals surface area contributed by atoms with Crippen molar-refractivity contribution in [3.63, 3.8) is 0 Å². The largest absolute Gasteiger partial charge is 0.482 e. The third-order valence-corrected chi connectivity index (χ3v) is 3.56. The molecule has 3 N–H and O–H groups in total. The molecule has 0 bridgehead atoms. The third-order valence-electron chi connectivity index (χ3n) is 2.40. The van der Waals surface area contributed by atoms with Gasteiger partial charge in [-0.05, 0) is 25.1 Å². The van der Waals surface area contributed by atoms with Crippen molar-refractivity contribution in [2.75, 3.05) is 20.3 Å². The highest BCUT2D eigenvalue weighted by Gasteiger charge is 2.17. The van der Waals surface area contributed by atoms with Crippen LogP contribution in [0.4, 0.5) is 0 Å². The molecular formula is C12H17ClN2O5S. The van der Waals surface area contributed by atoms with Crippen molar-refractivity contribution >= 4 is 27.5 Å². The molecule has 1 amide bonds. The van der Waals surface area contributed by atoms with Gasteiger partial charge in [0.25, 0.3) is 5.91 Å². The predicted molar refractivity (Wildman–Crippen MR) is 77.8 cm³/mol. The Morgan fingerprint density at radius 2 is 2.14 bits per heavy atom. The van der Waals surface area contributed by atoms with Crippen LogP contribution in [-0.4, -0.2) is 40.7 Å². The maximum atomic E-state index is 11.6. The zero-order valence-electron chi connectivity index (χ0n) is 11.6. The summed E-state index contributed by atoms with van der Waals surface area (Å²) in [5.41, 5.74) is 0. The molecule has 0 aliphatic carbocycles. The van der Waals surface area contributed by atoms with Gasteiger partial charge in [-0.15, -0.1) is 0 Å². The van der Waals surface area contributed by atoms with Crippen LogP contribution in [0.2, 0.25) is 5.02 Å². The van der Waals surface area contributed by atoms with Gasteiger partial charge >= 0.3 is 0 Å². The van der Waals surface area contributed by atoms with Crippen LogP contribution in [0.15, 0.2) is 23.1 Å². The van der Waals surface area contributed by atoms with Gasteiger partial charge in [-0.3, -0.25) is 4.79 Å². The number of benzene rings is 1. The molecule has 0 heterocycles. The fraction of sp³-hybridized carbons (Fsp3) is 0.417. The number of hydrogen-bond donors (Lipinski definition) is 2. The molecule has 118 valence electrons. The SMILES string of the molecule is COCC(C)NC(=O)COc1ccc(Cl)cc1S(N)(=O)=O. The van der Waals surface area contributed by atoms with Gasteiger partial charge in [-0.1, -0.05) is 11.6 Å². The monoisotopic (exact) mass is 336 g/mol. The fourth-order valence-corrected chi connectivity index (χ4v) is 2.51. The summed E-state index contributed by atoms with van der Waals surface area (Å²) in [5, 5.41) is 7.89. The zero-order chi connectivity index (χ0) is 16.0. The second-order valence-electron chi connectivity index (χ2n) is 4.35. The van der Waals surface area contributed by atoms with Crippen LogP contribution in [0, 0.1) is 0 Å². The fourth-order valence-electron chi connectivity index (χ4n) is 1.57. The molecule has 1 aromatic carbocycles. The van der Waals surface area contributed by atoms with Crippen molar-refractivity contribution in [3.05, 3.63) is 23.2 Å². The maximum Gasteiger partial charge on any atom is 0.258 e. The van der Waals surface area contributed by atoms with E-state index in [2.05, 4.69) is 5.32 Å². The number of hydrogen-bond acceptors (Lipinski definition) is 5. The van der Waals surface area contributed by atoms with Gasteiger partial charge in [0.15, 0.2) is 6.61 Å². The van der Waals surface area contributed by atoms with Crippen LogP contribution in [0.1, 0.15) is 6.92 Å². The summed E-state index contributed by atoms with van der Waals surface area (Å²) in [5.74, 6) is -0.439. The van der Waals surface area contributed by atoms with E-state index >= 15 is 0 Å².